The molecule has 0 radical (unpaired) electrons. The molecular formula is C10H17ClO. The van der Waals surface area contributed by atoms with E-state index in [1.807, 2.05) is 20.8 Å². The van der Waals surface area contributed by atoms with Gasteiger partial charge in [0.2, 0.25) is 0 Å². The first-order chi connectivity index (χ1) is 5.39. The Kier molecular flexibility index (Phi) is 4.58. The number of hydrogen-bond donors (Lipinski definition) is 0. The molecule has 1 unspecified atom stereocenters. The normalized spacial score (nSPS) is 14.0. The highest BCUT2D eigenvalue weighted by Crippen LogP contribution is 2.14. The van der Waals surface area contributed by atoms with Crippen LogP contribution in [0.25, 0.3) is 0 Å². The molecule has 0 aliphatic heterocycles. The van der Waals surface area contributed by atoms with Crippen LogP contribution in [0.2, 0.25) is 0 Å². The Labute approximate surface area is 80.1 Å². The van der Waals surface area contributed by atoms with Crippen molar-refractivity contribution < 1.29 is 4.74 Å². The van der Waals surface area contributed by atoms with Crippen molar-refractivity contribution in [3.8, 4) is 0 Å². The van der Waals surface area contributed by atoms with Gasteiger partial charge in [0.15, 0.2) is 0 Å². The summed E-state index contributed by atoms with van der Waals surface area (Å²) in [5.41, 5.74) is 0.624. The highest BCUT2D eigenvalue weighted by Gasteiger charge is 2.15. The molecule has 0 amide bonds. The van der Waals surface area contributed by atoms with E-state index in [0.29, 0.717) is 6.61 Å². The van der Waals surface area contributed by atoms with Crippen molar-refractivity contribution >= 4 is 11.6 Å². The fourth-order valence-corrected chi connectivity index (χ4v) is 0.552. The second-order valence-corrected chi connectivity index (χ2v) is 3.96. The molecule has 0 bridgehead atoms. The molecule has 1 atom stereocenters. The third-order valence-corrected chi connectivity index (χ3v) is 2.13. The van der Waals surface area contributed by atoms with E-state index in [-0.39, 0.29) is 11.0 Å². The van der Waals surface area contributed by atoms with Gasteiger partial charge in [-0.15, -0.1) is 18.2 Å². The molecule has 2 heteroatoms. The predicted octanol–water partition coefficient (Wildman–Crippen LogP) is 3.15. The molecule has 0 rings (SSSR count). The lowest BCUT2D eigenvalue weighted by Crippen LogP contribution is -2.25. The number of ether oxygens (including phenoxy) is 1. The van der Waals surface area contributed by atoms with Gasteiger partial charge in [-0.2, -0.15) is 0 Å². The number of alkyl halides is 1. The molecule has 0 saturated carbocycles. The Morgan fingerprint density at radius 3 is 2.50 bits per heavy atom. The molecule has 12 heavy (non-hydrogen) atoms. The van der Waals surface area contributed by atoms with Crippen LogP contribution in [0.5, 0.6) is 0 Å². The van der Waals surface area contributed by atoms with Gasteiger partial charge in [-0.25, -0.2) is 0 Å². The molecule has 0 heterocycles. The van der Waals surface area contributed by atoms with Crippen LogP contribution >= 0.6 is 11.6 Å². The highest BCUT2D eigenvalue weighted by molar-refractivity contribution is 6.22. The van der Waals surface area contributed by atoms with Crippen LogP contribution in [-0.4, -0.2) is 17.6 Å². The lowest BCUT2D eigenvalue weighted by molar-refractivity contribution is 0.0232. The van der Waals surface area contributed by atoms with Crippen LogP contribution in [0.4, 0.5) is 0 Å². The van der Waals surface area contributed by atoms with E-state index < -0.39 is 0 Å². The van der Waals surface area contributed by atoms with Gasteiger partial charge in [0.05, 0.1) is 17.6 Å². The van der Waals surface area contributed by atoms with Crippen LogP contribution < -0.4 is 0 Å². The van der Waals surface area contributed by atoms with Gasteiger partial charge >= 0.3 is 0 Å². The van der Waals surface area contributed by atoms with Crippen molar-refractivity contribution in [2.24, 2.45) is 0 Å². The fraction of sp³-hybridized carbons (Fsp3) is 0.600. The molecule has 0 aromatic carbocycles. The van der Waals surface area contributed by atoms with E-state index >= 15 is 0 Å². The lowest BCUT2D eigenvalue weighted by atomic mass is 10.1. The fourth-order valence-electron chi connectivity index (χ4n) is 0.489. The van der Waals surface area contributed by atoms with Gasteiger partial charge < -0.3 is 4.74 Å². The van der Waals surface area contributed by atoms with E-state index in [1.165, 1.54) is 0 Å². The second kappa shape index (κ2) is 4.68. The largest absolute Gasteiger partial charge is 0.370 e. The summed E-state index contributed by atoms with van der Waals surface area (Å²) in [6.45, 7) is 13.7. The molecule has 0 spiro atoms. The standard InChI is InChI=1S/C10H17ClO/c1-6-10(4,5)12-7-9(11)8(2)3/h6,9H,1-2,7H2,3-5H3. The van der Waals surface area contributed by atoms with Crippen molar-refractivity contribution in [2.45, 2.75) is 31.7 Å². The van der Waals surface area contributed by atoms with Gasteiger partial charge in [0.1, 0.15) is 0 Å². The zero-order valence-corrected chi connectivity index (χ0v) is 8.82. The molecule has 0 saturated heterocycles. The number of hydrogen-bond acceptors (Lipinski definition) is 1. The Bertz CT molecular complexity index is 173. The molecule has 0 aliphatic carbocycles. The zero-order valence-electron chi connectivity index (χ0n) is 8.06. The Morgan fingerprint density at radius 2 is 2.17 bits per heavy atom. The maximum Gasteiger partial charge on any atom is 0.0804 e. The van der Waals surface area contributed by atoms with Crippen molar-refractivity contribution in [1.29, 1.82) is 0 Å². The lowest BCUT2D eigenvalue weighted by Gasteiger charge is -2.22. The van der Waals surface area contributed by atoms with Crippen LogP contribution in [0.1, 0.15) is 20.8 Å². The second-order valence-electron chi connectivity index (χ2n) is 3.43. The molecule has 0 aromatic rings. The van der Waals surface area contributed by atoms with Gasteiger partial charge in [0.25, 0.3) is 0 Å². The quantitative estimate of drug-likeness (QED) is 0.476. The third kappa shape index (κ3) is 4.58. The molecule has 0 fully saturated rings. The summed E-state index contributed by atoms with van der Waals surface area (Å²) in [5, 5.41) is -0.107. The number of rotatable bonds is 5. The monoisotopic (exact) mass is 188 g/mol. The van der Waals surface area contributed by atoms with Crippen LogP contribution in [0.3, 0.4) is 0 Å². The van der Waals surface area contributed by atoms with E-state index in [0.717, 1.165) is 5.57 Å². The average Bonchev–Trinajstić information content (AvgIpc) is 2.00. The van der Waals surface area contributed by atoms with Crippen molar-refractivity contribution in [1.82, 2.24) is 0 Å². The summed E-state index contributed by atoms with van der Waals surface area (Å²) in [5.74, 6) is 0. The first-order valence-electron chi connectivity index (χ1n) is 3.96. The average molecular weight is 189 g/mol. The van der Waals surface area contributed by atoms with Gasteiger partial charge in [-0.3, -0.25) is 0 Å². The maximum absolute atomic E-state index is 5.92. The summed E-state index contributed by atoms with van der Waals surface area (Å²) in [7, 11) is 0. The first kappa shape index (κ1) is 11.7. The van der Waals surface area contributed by atoms with E-state index in [1.54, 1.807) is 6.08 Å². The van der Waals surface area contributed by atoms with Crippen molar-refractivity contribution in [3.63, 3.8) is 0 Å². The van der Waals surface area contributed by atoms with Gasteiger partial charge in [0, 0.05) is 0 Å². The molecule has 1 nitrogen and oxygen atoms in total. The molecule has 0 aliphatic rings. The Hall–Kier alpha value is -0.270. The van der Waals surface area contributed by atoms with E-state index in [2.05, 4.69) is 13.2 Å². The van der Waals surface area contributed by atoms with Crippen LogP contribution in [-0.2, 0) is 4.74 Å². The number of halogens is 1. The highest BCUT2D eigenvalue weighted by atomic mass is 35.5. The zero-order chi connectivity index (χ0) is 9.78. The minimum absolute atomic E-state index is 0.107. The SMILES string of the molecule is C=CC(C)(C)OCC(Cl)C(=C)C. The van der Waals surface area contributed by atoms with E-state index in [9.17, 15) is 0 Å². The minimum atomic E-state index is -0.303. The van der Waals surface area contributed by atoms with Crippen molar-refractivity contribution in [3.05, 3.63) is 24.8 Å². The minimum Gasteiger partial charge on any atom is -0.370 e. The molecular weight excluding hydrogens is 172 g/mol. The topological polar surface area (TPSA) is 9.23 Å². The van der Waals surface area contributed by atoms with E-state index in [4.69, 9.17) is 16.3 Å². The smallest absolute Gasteiger partial charge is 0.0804 e. The van der Waals surface area contributed by atoms with Gasteiger partial charge in [-0.1, -0.05) is 18.2 Å². The molecule has 0 N–H and O–H groups in total. The molecule has 0 aromatic heterocycles. The predicted molar refractivity (Wildman–Crippen MR) is 54.7 cm³/mol. The van der Waals surface area contributed by atoms with Crippen molar-refractivity contribution in [2.75, 3.05) is 6.61 Å². The Morgan fingerprint density at radius 1 is 1.67 bits per heavy atom. The first-order valence-corrected chi connectivity index (χ1v) is 4.39. The van der Waals surface area contributed by atoms with Crippen LogP contribution in [0.15, 0.2) is 24.8 Å². The summed E-state index contributed by atoms with van der Waals surface area (Å²) >= 11 is 5.92. The third-order valence-electron chi connectivity index (χ3n) is 1.63. The summed E-state index contributed by atoms with van der Waals surface area (Å²) < 4.78 is 5.49. The van der Waals surface area contributed by atoms with Gasteiger partial charge in [-0.05, 0) is 20.8 Å². The maximum atomic E-state index is 5.92. The van der Waals surface area contributed by atoms with Crippen LogP contribution in [0, 0.1) is 0 Å². The summed E-state index contributed by atoms with van der Waals surface area (Å²) in [6.07, 6.45) is 1.76. The summed E-state index contributed by atoms with van der Waals surface area (Å²) in [4.78, 5) is 0. The summed E-state index contributed by atoms with van der Waals surface area (Å²) in [6, 6.07) is 0. The Balaban J connectivity index is 3.83. The molecule has 70 valence electrons.